The molecule has 0 spiro atoms. The summed E-state index contributed by atoms with van der Waals surface area (Å²) >= 11 is 0. The molecule has 0 heterocycles. The number of hydrogen-bond donors (Lipinski definition) is 3. The fourth-order valence-corrected chi connectivity index (χ4v) is 6.61. The lowest BCUT2D eigenvalue weighted by molar-refractivity contribution is -0.870. The Morgan fingerprint density at radius 1 is 0.625 bits per heavy atom. The van der Waals surface area contributed by atoms with Crippen molar-refractivity contribution < 1.29 is 32.9 Å². The maximum atomic E-state index is 12.8. The SMILES string of the molecule is CC/C=C\C/C=C\C/C=C\C/C=C\CCCCC(=O)NC(COP(=O)(O)OCC[N+](C)(C)C)C(O)/C=C/CC/C=C/CCCCCCCCCCCCCCC. The highest BCUT2D eigenvalue weighted by atomic mass is 31.2. The molecule has 0 aromatic rings. The third kappa shape index (κ3) is 40.1. The number of allylic oxidation sites excluding steroid dienone is 11. The minimum Gasteiger partial charge on any atom is -0.387 e. The number of aliphatic hydroxyl groups is 1. The molecular formula is C47H86N2O6P+. The summed E-state index contributed by atoms with van der Waals surface area (Å²) in [6.07, 6.45) is 51.3. The lowest BCUT2D eigenvalue weighted by Crippen LogP contribution is -2.45. The number of nitrogens with zero attached hydrogens (tertiary/aromatic N) is 1. The number of nitrogens with one attached hydrogen (secondary N) is 1. The van der Waals surface area contributed by atoms with E-state index in [-0.39, 0.29) is 19.1 Å². The minimum atomic E-state index is -4.36. The van der Waals surface area contributed by atoms with Gasteiger partial charge < -0.3 is 19.8 Å². The van der Waals surface area contributed by atoms with Crippen LogP contribution in [0.25, 0.3) is 0 Å². The molecule has 0 saturated carbocycles. The molecule has 56 heavy (non-hydrogen) atoms. The van der Waals surface area contributed by atoms with E-state index in [0.717, 1.165) is 57.8 Å². The number of phosphoric acid groups is 1. The van der Waals surface area contributed by atoms with E-state index in [1.54, 1.807) is 6.08 Å². The number of likely N-dealkylation sites (N-methyl/N-ethyl adjacent to an activating group) is 1. The van der Waals surface area contributed by atoms with Crippen LogP contribution in [0.1, 0.15) is 168 Å². The van der Waals surface area contributed by atoms with Crippen molar-refractivity contribution in [3.8, 4) is 0 Å². The van der Waals surface area contributed by atoms with Crippen molar-refractivity contribution >= 4 is 13.7 Å². The number of unbranched alkanes of at least 4 members (excludes halogenated alkanes) is 16. The summed E-state index contributed by atoms with van der Waals surface area (Å²) in [6, 6.07) is -0.887. The zero-order valence-corrected chi connectivity index (χ0v) is 37.5. The molecule has 0 aromatic heterocycles. The lowest BCUT2D eigenvalue weighted by atomic mass is 10.0. The Morgan fingerprint density at radius 2 is 1.09 bits per heavy atom. The third-order valence-corrected chi connectivity index (χ3v) is 10.4. The van der Waals surface area contributed by atoms with Gasteiger partial charge in [-0.05, 0) is 70.6 Å². The second-order valence-corrected chi connectivity index (χ2v) is 17.5. The molecule has 0 aliphatic heterocycles. The number of carbonyl (C=O) groups excluding carboxylic acids is 1. The minimum absolute atomic E-state index is 0.0446. The first-order valence-electron chi connectivity index (χ1n) is 22.3. The van der Waals surface area contributed by atoms with E-state index in [1.807, 2.05) is 27.2 Å². The first-order valence-corrected chi connectivity index (χ1v) is 23.8. The molecule has 1 amide bonds. The average Bonchev–Trinajstić information content (AvgIpc) is 3.15. The zero-order valence-electron chi connectivity index (χ0n) is 36.6. The highest BCUT2D eigenvalue weighted by Gasteiger charge is 2.27. The zero-order chi connectivity index (χ0) is 41.4. The number of aliphatic hydroxyl groups excluding tert-OH is 1. The number of amides is 1. The van der Waals surface area contributed by atoms with E-state index in [9.17, 15) is 19.4 Å². The monoisotopic (exact) mass is 806 g/mol. The van der Waals surface area contributed by atoms with Gasteiger partial charge in [0.25, 0.3) is 0 Å². The first-order chi connectivity index (χ1) is 27.0. The molecule has 3 unspecified atom stereocenters. The topological polar surface area (TPSA) is 105 Å². The number of phosphoric ester groups is 1. The fourth-order valence-electron chi connectivity index (χ4n) is 5.87. The van der Waals surface area contributed by atoms with Gasteiger partial charge in [0.2, 0.25) is 5.91 Å². The summed E-state index contributed by atoms with van der Waals surface area (Å²) in [5.41, 5.74) is 0. The molecule has 0 rings (SSSR count). The maximum absolute atomic E-state index is 12.8. The molecule has 324 valence electrons. The number of carbonyl (C=O) groups is 1. The van der Waals surface area contributed by atoms with Crippen LogP contribution in [0.5, 0.6) is 0 Å². The highest BCUT2D eigenvalue weighted by molar-refractivity contribution is 7.47. The molecular weight excluding hydrogens is 719 g/mol. The van der Waals surface area contributed by atoms with Gasteiger partial charge in [-0.2, -0.15) is 0 Å². The van der Waals surface area contributed by atoms with Crippen molar-refractivity contribution in [2.75, 3.05) is 40.9 Å². The molecule has 0 saturated heterocycles. The summed E-state index contributed by atoms with van der Waals surface area (Å²) in [5.74, 6) is -0.231. The predicted octanol–water partition coefficient (Wildman–Crippen LogP) is 12.4. The first kappa shape index (κ1) is 53.9. The number of rotatable bonds is 39. The smallest absolute Gasteiger partial charge is 0.387 e. The summed E-state index contributed by atoms with van der Waals surface area (Å²) < 4.78 is 23.5. The van der Waals surface area contributed by atoms with Gasteiger partial charge in [0, 0.05) is 6.42 Å². The van der Waals surface area contributed by atoms with Crippen LogP contribution < -0.4 is 5.32 Å². The molecule has 0 aromatic carbocycles. The average molecular weight is 806 g/mol. The Kier molecular flexibility index (Phi) is 37.0. The molecule has 0 fully saturated rings. The molecule has 8 nitrogen and oxygen atoms in total. The molecule has 9 heteroatoms. The third-order valence-electron chi connectivity index (χ3n) is 9.41. The van der Waals surface area contributed by atoms with Gasteiger partial charge in [-0.3, -0.25) is 13.8 Å². The fraction of sp³-hybridized carbons (Fsp3) is 0.723. The molecule has 0 aliphatic rings. The van der Waals surface area contributed by atoms with Crippen LogP contribution in [-0.4, -0.2) is 73.4 Å². The second kappa shape index (κ2) is 38.5. The van der Waals surface area contributed by atoms with Gasteiger partial charge in [0.15, 0.2) is 0 Å². The van der Waals surface area contributed by atoms with Gasteiger partial charge in [-0.1, -0.05) is 164 Å². The molecule has 3 atom stereocenters. The van der Waals surface area contributed by atoms with E-state index in [4.69, 9.17) is 9.05 Å². The van der Waals surface area contributed by atoms with E-state index in [0.29, 0.717) is 23.9 Å². The van der Waals surface area contributed by atoms with E-state index >= 15 is 0 Å². The summed E-state index contributed by atoms with van der Waals surface area (Å²) in [7, 11) is 1.51. The van der Waals surface area contributed by atoms with Gasteiger partial charge in [-0.15, -0.1) is 0 Å². The number of quaternary nitrogens is 1. The standard InChI is InChI=1S/C47H85N2O6P/c1-6-8-10-12-14-16-18-20-22-23-24-25-27-28-30-32-34-36-38-40-46(50)45(44-55-56(52,53)54-43-42-49(3,4)5)48-47(51)41-39-37-35-33-31-29-26-21-19-17-15-13-11-9-7-2/h9,11,15,17,21,26,30-33,38,40,45-46,50H,6-8,10,12-14,16,18-20,22-25,27-29,34-37,39,41-44H2,1-5H3,(H-,48,51,52,53)/p+1/b11-9-,17-15-,26-21-,32-30+,33-31-,40-38+. The van der Waals surface area contributed by atoms with Crippen molar-refractivity contribution in [3.05, 3.63) is 72.9 Å². The van der Waals surface area contributed by atoms with Crippen molar-refractivity contribution in [1.82, 2.24) is 5.32 Å². The van der Waals surface area contributed by atoms with Gasteiger partial charge >= 0.3 is 7.82 Å². The van der Waals surface area contributed by atoms with Gasteiger partial charge in [-0.25, -0.2) is 4.57 Å². The van der Waals surface area contributed by atoms with Crippen molar-refractivity contribution in [3.63, 3.8) is 0 Å². The Morgan fingerprint density at radius 3 is 1.64 bits per heavy atom. The second-order valence-electron chi connectivity index (χ2n) is 16.0. The van der Waals surface area contributed by atoms with Crippen LogP contribution in [0.4, 0.5) is 0 Å². The predicted molar refractivity (Wildman–Crippen MR) is 240 cm³/mol. The molecule has 0 radical (unpaired) electrons. The van der Waals surface area contributed by atoms with Crippen molar-refractivity contribution in [2.24, 2.45) is 0 Å². The van der Waals surface area contributed by atoms with Crippen molar-refractivity contribution in [1.29, 1.82) is 0 Å². The quantitative estimate of drug-likeness (QED) is 0.0247. The Labute approximate surface area is 344 Å². The van der Waals surface area contributed by atoms with E-state index in [2.05, 4.69) is 79.9 Å². The van der Waals surface area contributed by atoms with E-state index in [1.165, 1.54) is 83.5 Å². The van der Waals surface area contributed by atoms with Gasteiger partial charge in [0.05, 0.1) is 39.9 Å². The van der Waals surface area contributed by atoms with Crippen LogP contribution in [0.2, 0.25) is 0 Å². The molecule has 0 aliphatic carbocycles. The molecule has 0 bridgehead atoms. The van der Waals surface area contributed by atoms with Crippen LogP contribution in [0.15, 0.2) is 72.9 Å². The maximum Gasteiger partial charge on any atom is 0.472 e. The Hall–Kier alpha value is -2.06. The molecule has 3 N–H and O–H groups in total. The van der Waals surface area contributed by atoms with E-state index < -0.39 is 20.0 Å². The van der Waals surface area contributed by atoms with Crippen LogP contribution in [-0.2, 0) is 18.4 Å². The van der Waals surface area contributed by atoms with Crippen LogP contribution in [0.3, 0.4) is 0 Å². The Bertz CT molecular complexity index is 1140. The summed E-state index contributed by atoms with van der Waals surface area (Å²) in [4.78, 5) is 23.1. The number of hydrogen-bond acceptors (Lipinski definition) is 5. The summed E-state index contributed by atoms with van der Waals surface area (Å²) in [6.45, 7) is 4.63. The van der Waals surface area contributed by atoms with Crippen LogP contribution >= 0.6 is 7.82 Å². The lowest BCUT2D eigenvalue weighted by Gasteiger charge is -2.25. The Balaban J connectivity index is 4.55. The van der Waals surface area contributed by atoms with Crippen LogP contribution in [0, 0.1) is 0 Å². The van der Waals surface area contributed by atoms with Gasteiger partial charge in [0.1, 0.15) is 13.2 Å². The highest BCUT2D eigenvalue weighted by Crippen LogP contribution is 2.43. The summed E-state index contributed by atoms with van der Waals surface area (Å²) in [5, 5.41) is 13.8. The largest absolute Gasteiger partial charge is 0.472 e. The van der Waals surface area contributed by atoms with Crippen molar-refractivity contribution in [2.45, 2.75) is 180 Å². The normalized spacial score (nSPS) is 15.1.